The Balaban J connectivity index is 2.33. The molecule has 0 saturated carbocycles. The summed E-state index contributed by atoms with van der Waals surface area (Å²) in [6, 6.07) is 8.59. The zero-order valence-electron chi connectivity index (χ0n) is 6.86. The van der Waals surface area contributed by atoms with Gasteiger partial charge in [0.1, 0.15) is 0 Å². The third-order valence-corrected chi connectivity index (χ3v) is 4.25. The molecule has 1 unspecified atom stereocenters. The van der Waals surface area contributed by atoms with Gasteiger partial charge in [-0.25, -0.2) is 0 Å². The van der Waals surface area contributed by atoms with E-state index in [9.17, 15) is 0 Å². The maximum Gasteiger partial charge on any atom is 0.0595 e. The minimum absolute atomic E-state index is 0.566. The number of benzene rings is 1. The Labute approximate surface area is 80.8 Å². The maximum absolute atomic E-state index is 2.26. The van der Waals surface area contributed by atoms with Crippen molar-refractivity contribution in [1.82, 2.24) is 0 Å². The third kappa shape index (κ3) is 1.54. The summed E-state index contributed by atoms with van der Waals surface area (Å²) in [7, 11) is 3.74. The van der Waals surface area contributed by atoms with Crippen LogP contribution in [0.25, 0.3) is 0 Å². The minimum atomic E-state index is 0.566. The van der Waals surface area contributed by atoms with E-state index in [0.29, 0.717) is 5.25 Å². The summed E-state index contributed by atoms with van der Waals surface area (Å²) in [5.41, 5.74) is 2.84. The van der Waals surface area contributed by atoms with Crippen molar-refractivity contribution in [3.8, 4) is 0 Å². The Morgan fingerprint density at radius 1 is 1.25 bits per heavy atom. The molecule has 1 heterocycles. The van der Waals surface area contributed by atoms with Crippen LogP contribution >= 0.6 is 21.6 Å². The summed E-state index contributed by atoms with van der Waals surface area (Å²) in [6.45, 7) is 2.17. The normalized spacial score (nSPS) is 21.6. The average molecular weight is 194 g/mol. The predicted molar refractivity (Wildman–Crippen MR) is 58.2 cm³/mol. The molecule has 1 atom stereocenters. The molecule has 0 bridgehead atoms. The lowest BCUT2D eigenvalue weighted by Gasteiger charge is -2.09. The molecule has 0 amide bonds. The summed E-state index contributed by atoms with van der Waals surface area (Å²) < 4.78 is 0. The van der Waals surface area contributed by atoms with Gasteiger partial charge in [0.2, 0.25) is 0 Å². The van der Waals surface area contributed by atoms with Crippen LogP contribution < -0.4 is 0 Å². The highest BCUT2D eigenvalue weighted by Crippen LogP contribution is 2.46. The van der Waals surface area contributed by atoms with Gasteiger partial charge in [-0.05, 0) is 23.5 Å². The van der Waals surface area contributed by atoms with E-state index in [0.717, 1.165) is 0 Å². The van der Waals surface area contributed by atoms with Crippen LogP contribution in [-0.2, 0) is 0 Å². The van der Waals surface area contributed by atoms with Crippen LogP contribution in [0.3, 0.4) is 0 Å². The molecular weight excluding hydrogens is 184 g/mol. The molecule has 0 saturated heterocycles. The van der Waals surface area contributed by atoms with Crippen LogP contribution in [0.5, 0.6) is 0 Å². The smallest absolute Gasteiger partial charge is 0.0595 e. The fraction of sp³-hybridized carbons (Fsp3) is 0.200. The molecule has 0 N–H and O–H groups in total. The number of rotatable bonds is 1. The number of hydrogen-bond donors (Lipinski definition) is 0. The first-order valence-corrected chi connectivity index (χ1v) is 6.20. The molecule has 0 spiro atoms. The van der Waals surface area contributed by atoms with Crippen molar-refractivity contribution in [3.05, 3.63) is 46.9 Å². The van der Waals surface area contributed by atoms with E-state index in [-0.39, 0.29) is 0 Å². The lowest BCUT2D eigenvalue weighted by molar-refractivity contribution is 1.20. The van der Waals surface area contributed by atoms with Crippen LogP contribution in [0.2, 0.25) is 0 Å². The van der Waals surface area contributed by atoms with Gasteiger partial charge in [-0.15, -0.1) is 0 Å². The second-order valence-electron chi connectivity index (χ2n) is 2.80. The summed E-state index contributed by atoms with van der Waals surface area (Å²) in [5, 5.41) is 2.73. The molecule has 0 aromatic heterocycles. The average Bonchev–Trinajstić information content (AvgIpc) is 2.57. The van der Waals surface area contributed by atoms with Gasteiger partial charge in [0.25, 0.3) is 0 Å². The van der Waals surface area contributed by atoms with Crippen LogP contribution in [0.4, 0.5) is 0 Å². The molecule has 0 nitrogen and oxygen atoms in total. The summed E-state index contributed by atoms with van der Waals surface area (Å²) in [6.07, 6.45) is 2.26. The van der Waals surface area contributed by atoms with Crippen molar-refractivity contribution in [2.24, 2.45) is 0 Å². The van der Waals surface area contributed by atoms with E-state index >= 15 is 0 Å². The lowest BCUT2D eigenvalue weighted by Crippen LogP contribution is -1.89. The highest BCUT2D eigenvalue weighted by Gasteiger charge is 2.14. The fourth-order valence-electron chi connectivity index (χ4n) is 1.29. The number of aryl methyl sites for hydroxylation is 1. The molecule has 0 fully saturated rings. The summed E-state index contributed by atoms with van der Waals surface area (Å²) >= 11 is 0. The number of hydrogen-bond acceptors (Lipinski definition) is 2. The monoisotopic (exact) mass is 194 g/mol. The lowest BCUT2D eigenvalue weighted by atomic mass is 10.1. The molecule has 1 aliphatic heterocycles. The van der Waals surface area contributed by atoms with Gasteiger partial charge >= 0.3 is 0 Å². The van der Waals surface area contributed by atoms with E-state index in [1.54, 1.807) is 0 Å². The molecule has 12 heavy (non-hydrogen) atoms. The third-order valence-electron chi connectivity index (χ3n) is 1.96. The molecule has 1 aromatic carbocycles. The first-order valence-electron chi connectivity index (χ1n) is 3.92. The Morgan fingerprint density at radius 2 is 2.08 bits per heavy atom. The van der Waals surface area contributed by atoms with Crippen LogP contribution in [0, 0.1) is 6.92 Å². The quantitative estimate of drug-likeness (QED) is 0.621. The fourth-order valence-corrected chi connectivity index (χ4v) is 3.55. The van der Waals surface area contributed by atoms with Crippen LogP contribution in [0.1, 0.15) is 16.4 Å². The van der Waals surface area contributed by atoms with E-state index in [2.05, 4.69) is 42.7 Å². The topological polar surface area (TPSA) is 0 Å². The Morgan fingerprint density at radius 3 is 2.75 bits per heavy atom. The van der Waals surface area contributed by atoms with Crippen molar-refractivity contribution < 1.29 is 0 Å². The van der Waals surface area contributed by atoms with Gasteiger partial charge in [-0.3, -0.25) is 0 Å². The largest absolute Gasteiger partial charge is 0.0770 e. The van der Waals surface area contributed by atoms with E-state index < -0.39 is 0 Å². The second kappa shape index (κ2) is 3.58. The molecule has 1 aromatic rings. The maximum atomic E-state index is 2.26. The summed E-state index contributed by atoms with van der Waals surface area (Å²) in [5.74, 6) is 0. The van der Waals surface area contributed by atoms with E-state index in [1.165, 1.54) is 11.1 Å². The Bertz CT molecular complexity index is 304. The molecule has 62 valence electrons. The minimum Gasteiger partial charge on any atom is -0.0770 e. The van der Waals surface area contributed by atoms with Crippen molar-refractivity contribution in [2.75, 3.05) is 0 Å². The van der Waals surface area contributed by atoms with Crippen LogP contribution in [-0.4, -0.2) is 0 Å². The molecule has 2 heteroatoms. The zero-order valence-corrected chi connectivity index (χ0v) is 8.49. The Hall–Kier alpha value is -0.340. The van der Waals surface area contributed by atoms with Gasteiger partial charge in [0.15, 0.2) is 0 Å². The highest BCUT2D eigenvalue weighted by molar-refractivity contribution is 8.78. The van der Waals surface area contributed by atoms with Gasteiger partial charge in [0.05, 0.1) is 5.25 Å². The molecule has 0 aliphatic carbocycles. The predicted octanol–water partition coefficient (Wildman–Crippen LogP) is 3.94. The van der Waals surface area contributed by atoms with Crippen molar-refractivity contribution >= 4 is 21.6 Å². The van der Waals surface area contributed by atoms with Gasteiger partial charge < -0.3 is 0 Å². The van der Waals surface area contributed by atoms with E-state index in [4.69, 9.17) is 0 Å². The molecule has 1 aliphatic rings. The first kappa shape index (κ1) is 8.27. The second-order valence-corrected chi connectivity index (χ2v) is 5.12. The van der Waals surface area contributed by atoms with Crippen LogP contribution in [0.15, 0.2) is 35.7 Å². The molecule has 0 radical (unpaired) electrons. The van der Waals surface area contributed by atoms with Crippen molar-refractivity contribution in [2.45, 2.75) is 12.2 Å². The van der Waals surface area contributed by atoms with Gasteiger partial charge in [-0.1, -0.05) is 51.9 Å². The molecular formula is C10H10S2. The highest BCUT2D eigenvalue weighted by atomic mass is 33.1. The summed E-state index contributed by atoms with van der Waals surface area (Å²) in [4.78, 5) is 0. The van der Waals surface area contributed by atoms with E-state index in [1.807, 2.05) is 21.6 Å². The Kier molecular flexibility index (Phi) is 2.47. The standard InChI is InChI=1S/C10H10S2/c1-8-4-2-3-5-9(8)10-6-7-11-12-10/h2-7,10H,1H3. The van der Waals surface area contributed by atoms with Gasteiger partial charge in [-0.2, -0.15) is 0 Å². The van der Waals surface area contributed by atoms with Gasteiger partial charge in [0, 0.05) is 0 Å². The SMILES string of the molecule is Cc1ccccc1C1C=CSS1. The molecule has 2 rings (SSSR count). The van der Waals surface area contributed by atoms with Crippen molar-refractivity contribution in [3.63, 3.8) is 0 Å². The zero-order chi connectivity index (χ0) is 8.39. The first-order chi connectivity index (χ1) is 5.88. The van der Waals surface area contributed by atoms with Crippen molar-refractivity contribution in [1.29, 1.82) is 0 Å².